The number of anilines is 1. The first-order chi connectivity index (χ1) is 11.5. The minimum absolute atomic E-state index is 0.372. The fourth-order valence-electron chi connectivity index (χ4n) is 2.09. The smallest absolute Gasteiger partial charge is 0.313 e. The Balaban J connectivity index is 1.83. The molecule has 2 amide bonds. The van der Waals surface area contributed by atoms with Gasteiger partial charge in [0, 0.05) is 16.7 Å². The average molecular weight is 391 g/mol. The van der Waals surface area contributed by atoms with Gasteiger partial charge in [-0.3, -0.25) is 9.59 Å². The van der Waals surface area contributed by atoms with Gasteiger partial charge >= 0.3 is 11.8 Å². The summed E-state index contributed by atoms with van der Waals surface area (Å²) < 4.78 is 6.02. The second kappa shape index (κ2) is 8.49. The lowest BCUT2D eigenvalue weighted by atomic mass is 10.1. The maximum atomic E-state index is 11.9. The summed E-state index contributed by atoms with van der Waals surface area (Å²) in [5, 5.41) is 5.19. The van der Waals surface area contributed by atoms with E-state index < -0.39 is 11.8 Å². The van der Waals surface area contributed by atoms with Crippen molar-refractivity contribution in [3.63, 3.8) is 0 Å². The van der Waals surface area contributed by atoms with E-state index in [1.807, 2.05) is 37.3 Å². The molecular weight excluding hydrogens is 372 g/mol. The van der Waals surface area contributed by atoms with Gasteiger partial charge < -0.3 is 15.4 Å². The molecule has 0 radical (unpaired) electrons. The summed E-state index contributed by atoms with van der Waals surface area (Å²) in [4.78, 5) is 23.7. The van der Waals surface area contributed by atoms with Crippen molar-refractivity contribution in [2.24, 2.45) is 0 Å². The highest BCUT2D eigenvalue weighted by molar-refractivity contribution is 9.10. The van der Waals surface area contributed by atoms with E-state index >= 15 is 0 Å². The van der Waals surface area contributed by atoms with E-state index in [4.69, 9.17) is 4.74 Å². The molecule has 0 aliphatic carbocycles. The maximum Gasteiger partial charge on any atom is 0.313 e. The average Bonchev–Trinajstić information content (AvgIpc) is 2.58. The minimum atomic E-state index is -0.684. The van der Waals surface area contributed by atoms with Gasteiger partial charge in [-0.15, -0.1) is 0 Å². The molecule has 0 saturated heterocycles. The predicted molar refractivity (Wildman–Crippen MR) is 97.2 cm³/mol. The number of amides is 2. The standard InChI is InChI=1S/C18H19BrN2O3/c1-12-6-7-14(11-16(12)19)21-18(23)17(22)20-9-8-13-4-3-5-15(10-13)24-2/h3-7,10-11H,8-9H2,1-2H3,(H,20,22)(H,21,23). The molecule has 0 heterocycles. The Morgan fingerprint density at radius 3 is 2.62 bits per heavy atom. The normalized spacial score (nSPS) is 10.1. The molecule has 0 aliphatic heterocycles. The molecule has 0 bridgehead atoms. The highest BCUT2D eigenvalue weighted by Gasteiger charge is 2.13. The van der Waals surface area contributed by atoms with Crippen LogP contribution in [0, 0.1) is 6.92 Å². The molecule has 126 valence electrons. The number of halogens is 1. The van der Waals surface area contributed by atoms with Crippen LogP contribution in [-0.2, 0) is 16.0 Å². The van der Waals surface area contributed by atoms with Gasteiger partial charge in [0.25, 0.3) is 0 Å². The molecule has 24 heavy (non-hydrogen) atoms. The molecular formula is C18H19BrN2O3. The Labute approximate surface area is 149 Å². The van der Waals surface area contributed by atoms with Gasteiger partial charge in [-0.2, -0.15) is 0 Å². The zero-order chi connectivity index (χ0) is 17.5. The third-order valence-electron chi connectivity index (χ3n) is 3.47. The van der Waals surface area contributed by atoms with Crippen LogP contribution in [0.25, 0.3) is 0 Å². The summed E-state index contributed by atoms with van der Waals surface area (Å²) in [5.41, 5.74) is 2.65. The zero-order valence-electron chi connectivity index (χ0n) is 13.6. The van der Waals surface area contributed by atoms with Gasteiger partial charge in [0.1, 0.15) is 5.75 Å². The van der Waals surface area contributed by atoms with Crippen LogP contribution in [0.5, 0.6) is 5.75 Å². The van der Waals surface area contributed by atoms with Crippen molar-refractivity contribution in [3.8, 4) is 5.75 Å². The van der Waals surface area contributed by atoms with E-state index in [1.165, 1.54) is 0 Å². The van der Waals surface area contributed by atoms with E-state index in [-0.39, 0.29) is 0 Å². The molecule has 0 atom stereocenters. The molecule has 2 aromatic carbocycles. The Hall–Kier alpha value is -2.34. The van der Waals surface area contributed by atoms with Crippen LogP contribution in [-0.4, -0.2) is 25.5 Å². The molecule has 0 unspecified atom stereocenters. The first-order valence-electron chi connectivity index (χ1n) is 7.48. The Bertz CT molecular complexity index is 747. The summed E-state index contributed by atoms with van der Waals surface area (Å²) in [5.74, 6) is -0.576. The lowest BCUT2D eigenvalue weighted by Gasteiger charge is -2.08. The van der Waals surface area contributed by atoms with Crippen molar-refractivity contribution in [2.45, 2.75) is 13.3 Å². The van der Waals surface area contributed by atoms with E-state index in [0.717, 1.165) is 21.3 Å². The molecule has 0 saturated carbocycles. The molecule has 2 N–H and O–H groups in total. The number of carbonyl (C=O) groups excluding carboxylic acids is 2. The van der Waals surface area contributed by atoms with Gasteiger partial charge in [-0.25, -0.2) is 0 Å². The molecule has 2 aromatic rings. The van der Waals surface area contributed by atoms with Crippen LogP contribution in [0.4, 0.5) is 5.69 Å². The summed E-state index contributed by atoms with van der Waals surface area (Å²) in [6.45, 7) is 2.32. The van der Waals surface area contributed by atoms with Gasteiger partial charge in [-0.05, 0) is 48.7 Å². The zero-order valence-corrected chi connectivity index (χ0v) is 15.1. The lowest BCUT2D eigenvalue weighted by molar-refractivity contribution is -0.136. The number of benzene rings is 2. The molecule has 0 spiro atoms. The van der Waals surface area contributed by atoms with Crippen LogP contribution in [0.3, 0.4) is 0 Å². The minimum Gasteiger partial charge on any atom is -0.497 e. The number of rotatable bonds is 5. The van der Waals surface area contributed by atoms with Gasteiger partial charge in [0.15, 0.2) is 0 Å². The number of nitrogens with one attached hydrogen (secondary N) is 2. The van der Waals surface area contributed by atoms with Crippen LogP contribution in [0.1, 0.15) is 11.1 Å². The van der Waals surface area contributed by atoms with E-state index in [0.29, 0.717) is 18.7 Å². The van der Waals surface area contributed by atoms with Crippen molar-refractivity contribution < 1.29 is 14.3 Å². The summed E-state index contributed by atoms with van der Waals surface area (Å²) >= 11 is 3.39. The van der Waals surface area contributed by atoms with Crippen LogP contribution in [0.2, 0.25) is 0 Å². The molecule has 2 rings (SSSR count). The molecule has 0 aromatic heterocycles. The Morgan fingerprint density at radius 2 is 1.92 bits per heavy atom. The Kier molecular flexibility index (Phi) is 6.37. The van der Waals surface area contributed by atoms with Crippen molar-refractivity contribution in [1.29, 1.82) is 0 Å². The van der Waals surface area contributed by atoms with Gasteiger partial charge in [-0.1, -0.05) is 34.1 Å². The third kappa shape index (κ3) is 5.09. The second-order valence-corrected chi connectivity index (χ2v) is 6.13. The highest BCUT2D eigenvalue weighted by Crippen LogP contribution is 2.20. The largest absolute Gasteiger partial charge is 0.497 e. The second-order valence-electron chi connectivity index (χ2n) is 5.28. The van der Waals surface area contributed by atoms with Crippen LogP contribution in [0.15, 0.2) is 46.9 Å². The summed E-state index contributed by atoms with van der Waals surface area (Å²) in [7, 11) is 1.61. The fourth-order valence-corrected chi connectivity index (χ4v) is 2.47. The van der Waals surface area contributed by atoms with E-state index in [1.54, 1.807) is 19.2 Å². The SMILES string of the molecule is COc1cccc(CCNC(=O)C(=O)Nc2ccc(C)c(Br)c2)c1. The van der Waals surface area contributed by atoms with Gasteiger partial charge in [0.05, 0.1) is 7.11 Å². The summed E-state index contributed by atoms with van der Waals surface area (Å²) in [6.07, 6.45) is 0.617. The molecule has 6 heteroatoms. The molecule has 5 nitrogen and oxygen atoms in total. The first kappa shape index (κ1) is 18.0. The van der Waals surface area contributed by atoms with E-state index in [2.05, 4.69) is 26.6 Å². The lowest BCUT2D eigenvalue weighted by Crippen LogP contribution is -2.36. The topological polar surface area (TPSA) is 67.4 Å². The number of hydrogen-bond acceptors (Lipinski definition) is 3. The predicted octanol–water partition coefficient (Wildman–Crippen LogP) is 3.06. The third-order valence-corrected chi connectivity index (χ3v) is 4.32. The number of carbonyl (C=O) groups is 2. The molecule has 0 aliphatic rings. The number of methoxy groups -OCH3 is 1. The summed E-state index contributed by atoms with van der Waals surface area (Å²) in [6, 6.07) is 13.0. The van der Waals surface area contributed by atoms with Gasteiger partial charge in [0.2, 0.25) is 0 Å². The fraction of sp³-hybridized carbons (Fsp3) is 0.222. The van der Waals surface area contributed by atoms with Crippen molar-refractivity contribution in [3.05, 3.63) is 58.1 Å². The maximum absolute atomic E-state index is 11.9. The quantitative estimate of drug-likeness (QED) is 0.770. The van der Waals surface area contributed by atoms with Crippen LogP contribution >= 0.6 is 15.9 Å². The van der Waals surface area contributed by atoms with Crippen LogP contribution < -0.4 is 15.4 Å². The Morgan fingerprint density at radius 1 is 1.12 bits per heavy atom. The number of hydrogen-bond donors (Lipinski definition) is 2. The van der Waals surface area contributed by atoms with Crippen molar-refractivity contribution >= 4 is 33.4 Å². The number of aryl methyl sites for hydroxylation is 1. The first-order valence-corrected chi connectivity index (χ1v) is 8.27. The molecule has 0 fully saturated rings. The van der Waals surface area contributed by atoms with Crippen molar-refractivity contribution in [2.75, 3.05) is 19.0 Å². The monoisotopic (exact) mass is 390 g/mol. The van der Waals surface area contributed by atoms with Crippen molar-refractivity contribution in [1.82, 2.24) is 5.32 Å². The highest BCUT2D eigenvalue weighted by atomic mass is 79.9. The van der Waals surface area contributed by atoms with E-state index in [9.17, 15) is 9.59 Å². The number of ether oxygens (including phenoxy) is 1.